The Bertz CT molecular complexity index is 1180. The zero-order valence-electron chi connectivity index (χ0n) is 21.8. The van der Waals surface area contributed by atoms with Crippen molar-refractivity contribution in [2.24, 2.45) is 5.92 Å². The van der Waals surface area contributed by atoms with Crippen molar-refractivity contribution in [2.45, 2.75) is 65.7 Å². The van der Waals surface area contributed by atoms with Crippen LogP contribution in [0.5, 0.6) is 0 Å². The molecule has 1 aromatic heterocycles. The van der Waals surface area contributed by atoms with E-state index in [-0.39, 0.29) is 24.3 Å². The Morgan fingerprint density at radius 1 is 1.00 bits per heavy atom. The predicted octanol–water partition coefficient (Wildman–Crippen LogP) is 6.30. The Kier molecular flexibility index (Phi) is 8.57. The maximum absolute atomic E-state index is 13.5. The van der Waals surface area contributed by atoms with Crippen LogP contribution in [0.15, 0.2) is 54.6 Å². The molecule has 1 saturated carbocycles. The van der Waals surface area contributed by atoms with Crippen molar-refractivity contribution in [3.05, 3.63) is 65.9 Å². The Balaban J connectivity index is 1.65. The van der Waals surface area contributed by atoms with Crippen LogP contribution < -0.4 is 5.32 Å². The lowest BCUT2D eigenvalue weighted by atomic mass is 9.88. The van der Waals surface area contributed by atoms with Crippen LogP contribution >= 0.6 is 0 Å². The first-order valence-electron chi connectivity index (χ1n) is 13.3. The molecule has 0 radical (unpaired) electrons. The van der Waals surface area contributed by atoms with Gasteiger partial charge in [-0.05, 0) is 50.3 Å². The van der Waals surface area contributed by atoms with Crippen molar-refractivity contribution in [2.75, 3.05) is 18.4 Å². The number of anilines is 1. The molecule has 6 heteroatoms. The van der Waals surface area contributed by atoms with Crippen LogP contribution in [0.2, 0.25) is 0 Å². The van der Waals surface area contributed by atoms with Crippen molar-refractivity contribution >= 4 is 17.6 Å². The third kappa shape index (κ3) is 5.86. The van der Waals surface area contributed by atoms with Gasteiger partial charge in [0.15, 0.2) is 0 Å². The number of para-hydroxylation sites is 1. The maximum Gasteiger partial charge on any atom is 0.245 e. The first-order chi connectivity index (χ1) is 17.5. The van der Waals surface area contributed by atoms with Gasteiger partial charge in [0.1, 0.15) is 5.82 Å². The molecule has 2 aromatic carbocycles. The van der Waals surface area contributed by atoms with Crippen LogP contribution in [-0.2, 0) is 9.59 Å². The number of carbonyl (C=O) groups excluding carboxylic acids is 2. The topological polar surface area (TPSA) is 67.2 Å². The van der Waals surface area contributed by atoms with Gasteiger partial charge >= 0.3 is 0 Å². The van der Waals surface area contributed by atoms with Crippen LogP contribution in [0.3, 0.4) is 0 Å². The smallest absolute Gasteiger partial charge is 0.245 e. The van der Waals surface area contributed by atoms with Crippen molar-refractivity contribution in [1.82, 2.24) is 14.7 Å². The molecule has 0 saturated heterocycles. The van der Waals surface area contributed by atoms with E-state index in [1.165, 1.54) is 6.42 Å². The molecule has 4 rings (SSSR count). The summed E-state index contributed by atoms with van der Waals surface area (Å²) in [5.41, 5.74) is 4.70. The molecule has 190 valence electrons. The summed E-state index contributed by atoms with van der Waals surface area (Å²) >= 11 is 0. The van der Waals surface area contributed by atoms with Crippen LogP contribution in [-0.4, -0.2) is 39.6 Å². The van der Waals surface area contributed by atoms with Gasteiger partial charge in [-0.3, -0.25) is 9.59 Å². The number of hydrogen-bond acceptors (Lipinski definition) is 3. The molecule has 1 heterocycles. The van der Waals surface area contributed by atoms with E-state index < -0.39 is 0 Å². The first-order valence-corrected chi connectivity index (χ1v) is 13.3. The molecule has 1 aliphatic carbocycles. The number of rotatable bonds is 9. The lowest BCUT2D eigenvalue weighted by Gasteiger charge is -2.29. The highest BCUT2D eigenvalue weighted by molar-refractivity contribution is 5.98. The van der Waals surface area contributed by atoms with Gasteiger partial charge in [0.25, 0.3) is 0 Å². The third-order valence-corrected chi connectivity index (χ3v) is 7.11. The largest absolute Gasteiger partial charge is 0.333 e. The number of aryl methyl sites for hydroxylation is 2. The van der Waals surface area contributed by atoms with Crippen molar-refractivity contribution in [1.29, 1.82) is 0 Å². The summed E-state index contributed by atoms with van der Waals surface area (Å²) in [5, 5.41) is 7.99. The summed E-state index contributed by atoms with van der Waals surface area (Å²) in [6.07, 6.45) is 7.12. The highest BCUT2D eigenvalue weighted by atomic mass is 16.2. The van der Waals surface area contributed by atoms with Crippen molar-refractivity contribution in [3.8, 4) is 16.8 Å². The first kappa shape index (κ1) is 25.7. The minimum absolute atomic E-state index is 0.0445. The number of nitrogens with zero attached hydrogens (tertiary/aromatic N) is 3. The molecule has 1 aliphatic rings. The van der Waals surface area contributed by atoms with Crippen molar-refractivity contribution < 1.29 is 9.59 Å². The van der Waals surface area contributed by atoms with Gasteiger partial charge in [0, 0.05) is 18.0 Å². The second-order valence-electron chi connectivity index (χ2n) is 9.87. The van der Waals surface area contributed by atoms with Crippen LogP contribution in [0, 0.1) is 19.8 Å². The van der Waals surface area contributed by atoms with E-state index in [2.05, 4.69) is 12.2 Å². The van der Waals surface area contributed by atoms with E-state index in [1.807, 2.05) is 73.1 Å². The van der Waals surface area contributed by atoms with Crippen LogP contribution in [0.25, 0.3) is 16.8 Å². The Morgan fingerprint density at radius 2 is 1.69 bits per heavy atom. The summed E-state index contributed by atoms with van der Waals surface area (Å²) in [5.74, 6) is 0.619. The Hall–Kier alpha value is -3.41. The second kappa shape index (κ2) is 12.0. The van der Waals surface area contributed by atoms with Gasteiger partial charge < -0.3 is 10.2 Å². The van der Waals surface area contributed by atoms with E-state index in [0.717, 1.165) is 66.6 Å². The molecule has 1 fully saturated rings. The fourth-order valence-electron chi connectivity index (χ4n) is 5.14. The van der Waals surface area contributed by atoms with E-state index in [4.69, 9.17) is 5.10 Å². The van der Waals surface area contributed by atoms with Gasteiger partial charge in [0.2, 0.25) is 11.8 Å². The molecule has 0 unspecified atom stereocenters. The molecule has 0 atom stereocenters. The number of benzene rings is 2. The van der Waals surface area contributed by atoms with Gasteiger partial charge in [-0.25, -0.2) is 4.68 Å². The summed E-state index contributed by atoms with van der Waals surface area (Å²) in [6, 6.07) is 18.0. The molecular formula is C30H38N4O2. The number of amides is 2. The summed E-state index contributed by atoms with van der Waals surface area (Å²) in [6.45, 7) is 6.78. The molecule has 0 bridgehead atoms. The summed E-state index contributed by atoms with van der Waals surface area (Å²) < 4.78 is 1.82. The summed E-state index contributed by atoms with van der Waals surface area (Å²) in [7, 11) is 0. The van der Waals surface area contributed by atoms with E-state index in [9.17, 15) is 9.59 Å². The molecule has 0 spiro atoms. The number of nitrogens with one attached hydrogen (secondary N) is 1. The summed E-state index contributed by atoms with van der Waals surface area (Å²) in [4.78, 5) is 28.6. The molecule has 0 aliphatic heterocycles. The fourth-order valence-corrected chi connectivity index (χ4v) is 5.14. The monoisotopic (exact) mass is 486 g/mol. The fraction of sp³-hybridized carbons (Fsp3) is 0.433. The average molecular weight is 487 g/mol. The number of hydrogen-bond donors (Lipinski definition) is 1. The number of unbranched alkanes of at least 4 members (excludes halogenated alkanes) is 1. The van der Waals surface area contributed by atoms with Gasteiger partial charge in [-0.2, -0.15) is 5.10 Å². The standard InChI is InChI=1S/C30H38N4O2/c1-4-5-20-33(30(36)25-17-10-7-11-18-25)21-27(35)31-29-28(24-15-8-6-9-16-24)23(3)32-34(29)26-19-13-12-14-22(26)2/h6,8-9,12-16,19,25H,4-5,7,10-11,17-18,20-21H2,1-3H3,(H,31,35). The lowest BCUT2D eigenvalue weighted by Crippen LogP contribution is -2.42. The van der Waals surface area contributed by atoms with Gasteiger partial charge in [-0.1, -0.05) is 81.1 Å². The normalized spacial score (nSPS) is 14.0. The predicted molar refractivity (Wildman–Crippen MR) is 145 cm³/mol. The molecule has 2 amide bonds. The van der Waals surface area contributed by atoms with Crippen LogP contribution in [0.4, 0.5) is 5.82 Å². The SMILES string of the molecule is CCCCN(CC(=O)Nc1c(-c2ccccc2)c(C)nn1-c1ccccc1C)C(=O)C1CCCCC1. The average Bonchev–Trinajstić information content (AvgIpc) is 3.22. The highest BCUT2D eigenvalue weighted by Gasteiger charge is 2.28. The third-order valence-electron chi connectivity index (χ3n) is 7.11. The quantitative estimate of drug-likeness (QED) is 0.386. The molecule has 6 nitrogen and oxygen atoms in total. The van der Waals surface area contributed by atoms with Gasteiger partial charge in [-0.15, -0.1) is 0 Å². The maximum atomic E-state index is 13.5. The zero-order valence-corrected chi connectivity index (χ0v) is 21.8. The zero-order chi connectivity index (χ0) is 25.5. The molecule has 1 N–H and O–H groups in total. The highest BCUT2D eigenvalue weighted by Crippen LogP contribution is 2.34. The minimum Gasteiger partial charge on any atom is -0.333 e. The van der Waals surface area contributed by atoms with Gasteiger partial charge in [0.05, 0.1) is 17.9 Å². The Morgan fingerprint density at radius 3 is 2.39 bits per heavy atom. The molecule has 3 aromatic rings. The second-order valence-corrected chi connectivity index (χ2v) is 9.87. The number of carbonyl (C=O) groups is 2. The Labute approximate surface area is 214 Å². The lowest BCUT2D eigenvalue weighted by molar-refractivity contribution is -0.139. The van der Waals surface area contributed by atoms with Crippen LogP contribution in [0.1, 0.15) is 63.1 Å². The molecular weight excluding hydrogens is 448 g/mol. The number of aromatic nitrogens is 2. The van der Waals surface area contributed by atoms with E-state index in [0.29, 0.717) is 12.4 Å². The minimum atomic E-state index is -0.192. The van der Waals surface area contributed by atoms with Crippen molar-refractivity contribution in [3.63, 3.8) is 0 Å². The van der Waals surface area contributed by atoms with E-state index in [1.54, 1.807) is 4.90 Å². The molecule has 36 heavy (non-hydrogen) atoms. The van der Waals surface area contributed by atoms with E-state index >= 15 is 0 Å².